The minimum absolute atomic E-state index is 0.0411. The van der Waals surface area contributed by atoms with E-state index in [1.165, 1.54) is 0 Å². The number of nitrogens with zero attached hydrogens (tertiary/aromatic N) is 3. The first-order valence-corrected chi connectivity index (χ1v) is 9.88. The molecule has 7 heteroatoms. The zero-order chi connectivity index (χ0) is 20.2. The summed E-state index contributed by atoms with van der Waals surface area (Å²) in [5.74, 6) is 1.60. The molecule has 0 N–H and O–H groups in total. The molecular weight excluding hydrogens is 390 g/mol. The van der Waals surface area contributed by atoms with Crippen LogP contribution in [0.15, 0.2) is 59.1 Å². The Morgan fingerprint density at radius 3 is 2.55 bits per heavy atom. The van der Waals surface area contributed by atoms with E-state index in [0.29, 0.717) is 30.2 Å². The second-order valence-electron chi connectivity index (χ2n) is 6.95. The molecule has 150 valence electrons. The summed E-state index contributed by atoms with van der Waals surface area (Å²) >= 11 is 5.90. The third kappa shape index (κ3) is 4.44. The summed E-state index contributed by atoms with van der Waals surface area (Å²) in [6, 6.07) is 16.7. The van der Waals surface area contributed by atoms with Crippen LogP contribution < -0.4 is 4.74 Å². The van der Waals surface area contributed by atoms with Crippen molar-refractivity contribution in [2.75, 3.05) is 33.3 Å². The van der Waals surface area contributed by atoms with E-state index in [1.54, 1.807) is 31.4 Å². The van der Waals surface area contributed by atoms with E-state index in [-0.39, 0.29) is 5.91 Å². The third-order valence-corrected chi connectivity index (χ3v) is 5.32. The molecule has 1 saturated heterocycles. The Kier molecular flexibility index (Phi) is 5.83. The van der Waals surface area contributed by atoms with Crippen LogP contribution in [0.4, 0.5) is 0 Å². The molecule has 1 aromatic heterocycles. The van der Waals surface area contributed by atoms with Gasteiger partial charge in [-0.1, -0.05) is 28.9 Å². The van der Waals surface area contributed by atoms with Crippen LogP contribution in [-0.4, -0.2) is 54.2 Å². The number of carbonyl (C=O) groups excluding carboxylic acids is 1. The number of methoxy groups -OCH3 is 1. The van der Waals surface area contributed by atoms with Gasteiger partial charge >= 0.3 is 0 Å². The Balaban J connectivity index is 1.35. The first kappa shape index (κ1) is 19.5. The zero-order valence-corrected chi connectivity index (χ0v) is 16.9. The van der Waals surface area contributed by atoms with Crippen molar-refractivity contribution in [1.29, 1.82) is 0 Å². The predicted octanol–water partition coefficient (Wildman–Crippen LogP) is 3.96. The molecule has 2 aromatic carbocycles. The molecule has 1 amide bonds. The van der Waals surface area contributed by atoms with Gasteiger partial charge in [0.15, 0.2) is 5.76 Å². The molecular formula is C22H22ClN3O3. The molecule has 3 aromatic rings. The Morgan fingerprint density at radius 1 is 1.10 bits per heavy atom. The molecule has 6 nitrogen and oxygen atoms in total. The van der Waals surface area contributed by atoms with Crippen molar-refractivity contribution >= 4 is 17.5 Å². The van der Waals surface area contributed by atoms with Gasteiger partial charge in [-0.15, -0.1) is 0 Å². The number of para-hydroxylation sites is 1. The van der Waals surface area contributed by atoms with Gasteiger partial charge in [-0.05, 0) is 36.4 Å². The second kappa shape index (κ2) is 8.68. The number of benzene rings is 2. The van der Waals surface area contributed by atoms with Gasteiger partial charge in [0.2, 0.25) is 0 Å². The number of amides is 1. The molecule has 0 spiro atoms. The Bertz CT molecular complexity index is 979. The first-order chi connectivity index (χ1) is 14.1. The lowest BCUT2D eigenvalue weighted by Crippen LogP contribution is -2.48. The van der Waals surface area contributed by atoms with Crippen LogP contribution in [0.3, 0.4) is 0 Å². The van der Waals surface area contributed by atoms with E-state index < -0.39 is 0 Å². The van der Waals surface area contributed by atoms with Crippen LogP contribution in [0.2, 0.25) is 5.02 Å². The average Bonchev–Trinajstić information content (AvgIpc) is 3.22. The summed E-state index contributed by atoms with van der Waals surface area (Å²) in [6.07, 6.45) is 0. The average molecular weight is 412 g/mol. The number of carbonyl (C=O) groups is 1. The summed E-state index contributed by atoms with van der Waals surface area (Å²) < 4.78 is 10.9. The molecule has 0 radical (unpaired) electrons. The highest BCUT2D eigenvalue weighted by Gasteiger charge is 2.23. The van der Waals surface area contributed by atoms with Gasteiger partial charge in [0, 0.05) is 48.4 Å². The Labute approximate surface area is 174 Å². The maximum Gasteiger partial charge on any atom is 0.253 e. The van der Waals surface area contributed by atoms with Crippen molar-refractivity contribution in [2.45, 2.75) is 6.54 Å². The van der Waals surface area contributed by atoms with Crippen molar-refractivity contribution in [2.24, 2.45) is 0 Å². The molecule has 0 unspecified atom stereocenters. The highest BCUT2D eigenvalue weighted by atomic mass is 35.5. The SMILES string of the molecule is COc1ccccc1-c1cc(CN2CCN(C(=O)c3ccc(Cl)cc3)CC2)on1. The highest BCUT2D eigenvalue weighted by molar-refractivity contribution is 6.30. The van der Waals surface area contributed by atoms with Crippen molar-refractivity contribution < 1.29 is 14.1 Å². The molecule has 2 heterocycles. The number of piperazine rings is 1. The van der Waals surface area contributed by atoms with Crippen LogP contribution in [0.25, 0.3) is 11.3 Å². The molecule has 0 atom stereocenters. The van der Waals surface area contributed by atoms with Crippen LogP contribution in [0.5, 0.6) is 5.75 Å². The maximum atomic E-state index is 12.6. The number of rotatable bonds is 5. The molecule has 0 saturated carbocycles. The van der Waals surface area contributed by atoms with Crippen LogP contribution in [-0.2, 0) is 6.54 Å². The van der Waals surface area contributed by atoms with Crippen LogP contribution >= 0.6 is 11.6 Å². The molecule has 4 rings (SSSR count). The molecule has 29 heavy (non-hydrogen) atoms. The van der Waals surface area contributed by atoms with Gasteiger partial charge in [0.05, 0.1) is 13.7 Å². The first-order valence-electron chi connectivity index (χ1n) is 9.50. The largest absolute Gasteiger partial charge is 0.496 e. The van der Waals surface area contributed by atoms with E-state index in [0.717, 1.165) is 35.9 Å². The summed E-state index contributed by atoms with van der Waals surface area (Å²) in [5, 5.41) is 4.82. The van der Waals surface area contributed by atoms with E-state index in [4.69, 9.17) is 20.9 Å². The van der Waals surface area contributed by atoms with Gasteiger partial charge in [0.1, 0.15) is 11.4 Å². The molecule has 0 bridgehead atoms. The lowest BCUT2D eigenvalue weighted by molar-refractivity contribution is 0.0617. The minimum Gasteiger partial charge on any atom is -0.496 e. The minimum atomic E-state index is 0.0411. The highest BCUT2D eigenvalue weighted by Crippen LogP contribution is 2.29. The van der Waals surface area contributed by atoms with E-state index >= 15 is 0 Å². The lowest BCUT2D eigenvalue weighted by atomic mass is 10.1. The fourth-order valence-electron chi connectivity index (χ4n) is 3.48. The van der Waals surface area contributed by atoms with Crippen molar-refractivity contribution in [3.8, 4) is 17.0 Å². The summed E-state index contributed by atoms with van der Waals surface area (Å²) in [6.45, 7) is 3.57. The monoisotopic (exact) mass is 411 g/mol. The summed E-state index contributed by atoms with van der Waals surface area (Å²) in [7, 11) is 1.64. The number of hydrogen-bond acceptors (Lipinski definition) is 5. The van der Waals surface area contributed by atoms with Crippen molar-refractivity contribution in [3.05, 3.63) is 70.9 Å². The van der Waals surface area contributed by atoms with Crippen LogP contribution in [0, 0.1) is 0 Å². The normalized spacial score (nSPS) is 14.8. The van der Waals surface area contributed by atoms with E-state index in [2.05, 4.69) is 10.1 Å². The van der Waals surface area contributed by atoms with Crippen molar-refractivity contribution in [3.63, 3.8) is 0 Å². The second-order valence-corrected chi connectivity index (χ2v) is 7.39. The quantitative estimate of drug-likeness (QED) is 0.636. The van der Waals surface area contributed by atoms with Gasteiger partial charge in [0.25, 0.3) is 5.91 Å². The zero-order valence-electron chi connectivity index (χ0n) is 16.2. The van der Waals surface area contributed by atoms with Gasteiger partial charge in [-0.3, -0.25) is 9.69 Å². The Morgan fingerprint density at radius 2 is 1.83 bits per heavy atom. The number of aromatic nitrogens is 1. The molecule has 1 aliphatic heterocycles. The van der Waals surface area contributed by atoms with Crippen molar-refractivity contribution in [1.82, 2.24) is 15.0 Å². The fourth-order valence-corrected chi connectivity index (χ4v) is 3.60. The van der Waals surface area contributed by atoms with E-state index in [9.17, 15) is 4.79 Å². The van der Waals surface area contributed by atoms with Gasteiger partial charge < -0.3 is 14.2 Å². The third-order valence-electron chi connectivity index (χ3n) is 5.07. The standard InChI is InChI=1S/C22H22ClN3O3/c1-28-21-5-3-2-4-19(21)20-14-18(29-24-20)15-25-10-12-26(13-11-25)22(27)16-6-8-17(23)9-7-16/h2-9,14H,10-13,15H2,1H3. The predicted molar refractivity (Wildman–Crippen MR) is 111 cm³/mol. The summed E-state index contributed by atoms with van der Waals surface area (Å²) in [4.78, 5) is 16.8. The summed E-state index contributed by atoms with van der Waals surface area (Å²) in [5.41, 5.74) is 2.33. The van der Waals surface area contributed by atoms with Gasteiger partial charge in [-0.25, -0.2) is 0 Å². The van der Waals surface area contributed by atoms with E-state index in [1.807, 2.05) is 35.2 Å². The molecule has 1 aliphatic rings. The van der Waals surface area contributed by atoms with Crippen LogP contribution in [0.1, 0.15) is 16.1 Å². The van der Waals surface area contributed by atoms with Gasteiger partial charge in [-0.2, -0.15) is 0 Å². The molecule has 0 aliphatic carbocycles. The maximum absolute atomic E-state index is 12.6. The molecule has 1 fully saturated rings. The fraction of sp³-hybridized carbons (Fsp3) is 0.273. The smallest absolute Gasteiger partial charge is 0.253 e. The number of hydrogen-bond donors (Lipinski definition) is 0. The topological polar surface area (TPSA) is 58.8 Å². The number of ether oxygens (including phenoxy) is 1. The number of halogens is 1. The Hall–Kier alpha value is -2.83. The lowest BCUT2D eigenvalue weighted by Gasteiger charge is -2.34.